The van der Waals surface area contributed by atoms with Gasteiger partial charge in [0.2, 0.25) is 0 Å². The Bertz CT molecular complexity index is 1240. The number of hydrogen-bond donors (Lipinski definition) is 5. The molecule has 2 aromatic carbocycles. The summed E-state index contributed by atoms with van der Waals surface area (Å²) in [5.41, 5.74) is 1.62. The average molecular weight is 504 g/mol. The molecular formula is C24H29N3O7S. The van der Waals surface area contributed by atoms with Crippen molar-refractivity contribution in [2.75, 3.05) is 24.6 Å². The Morgan fingerprint density at radius 3 is 2.46 bits per heavy atom. The number of nitriles is 1. The Hall–Kier alpha value is -2.56. The zero-order valence-electron chi connectivity index (χ0n) is 19.0. The lowest BCUT2D eigenvalue weighted by molar-refractivity contribution is -0.251. The predicted molar refractivity (Wildman–Crippen MR) is 129 cm³/mol. The summed E-state index contributed by atoms with van der Waals surface area (Å²) < 4.78 is 32.7. The number of aliphatic hydroxyl groups excluding tert-OH is 4. The highest BCUT2D eigenvalue weighted by molar-refractivity contribution is 7.93. The Kier molecular flexibility index (Phi) is 7.73. The maximum absolute atomic E-state index is 12.9. The zero-order valence-corrected chi connectivity index (χ0v) is 19.8. The van der Waals surface area contributed by atoms with Crippen LogP contribution >= 0.6 is 0 Å². The van der Waals surface area contributed by atoms with Gasteiger partial charge in [-0.3, -0.25) is 0 Å². The number of hydrogen-bond acceptors (Lipinski definition) is 9. The molecule has 5 atom stereocenters. The maximum Gasteiger partial charge on any atom is 0.251 e. The number of sulfonamides is 1. The van der Waals surface area contributed by atoms with Crippen LogP contribution in [-0.4, -0.2) is 79.2 Å². The summed E-state index contributed by atoms with van der Waals surface area (Å²) in [7, 11) is -4.49. The van der Waals surface area contributed by atoms with Crippen LogP contribution in [0.2, 0.25) is 0 Å². The maximum atomic E-state index is 12.9. The molecule has 4 rings (SSSR count). The van der Waals surface area contributed by atoms with E-state index in [0.29, 0.717) is 5.56 Å². The first kappa shape index (κ1) is 25.5. The number of anilines is 1. The van der Waals surface area contributed by atoms with Crippen molar-refractivity contribution in [2.24, 2.45) is 0 Å². The molecule has 0 spiro atoms. The Morgan fingerprint density at radius 2 is 1.77 bits per heavy atom. The smallest absolute Gasteiger partial charge is 0.251 e. The zero-order chi connectivity index (χ0) is 25.2. The second-order valence-electron chi connectivity index (χ2n) is 8.83. The van der Waals surface area contributed by atoms with Gasteiger partial charge in [-0.1, -0.05) is 18.2 Å². The van der Waals surface area contributed by atoms with Gasteiger partial charge in [-0.25, -0.2) is 8.42 Å². The van der Waals surface area contributed by atoms with Crippen molar-refractivity contribution in [3.8, 4) is 6.07 Å². The topological polar surface area (TPSA) is 163 Å². The molecule has 5 N–H and O–H groups in total. The molecule has 2 aromatic rings. The number of allylic oxidation sites excluding steroid dienone is 1. The minimum absolute atomic E-state index is 0.478. The number of benzene rings is 2. The second-order valence-corrected chi connectivity index (χ2v) is 10.5. The van der Waals surface area contributed by atoms with Crippen molar-refractivity contribution in [3.63, 3.8) is 0 Å². The van der Waals surface area contributed by atoms with Gasteiger partial charge >= 0.3 is 0 Å². The summed E-state index contributed by atoms with van der Waals surface area (Å²) in [5, 5.41) is 50.8. The highest BCUT2D eigenvalue weighted by Crippen LogP contribution is 2.27. The van der Waals surface area contributed by atoms with Crippen LogP contribution in [0.1, 0.15) is 24.8 Å². The molecule has 188 valence electrons. The van der Waals surface area contributed by atoms with Gasteiger partial charge in [-0.2, -0.15) is 9.98 Å². The van der Waals surface area contributed by atoms with Crippen molar-refractivity contribution < 1.29 is 33.6 Å². The lowest BCUT2D eigenvalue weighted by atomic mass is 9.98. The fraction of sp³-hybridized carbons (Fsp3) is 0.458. The summed E-state index contributed by atoms with van der Waals surface area (Å²) in [6.45, 7) is 1.37. The molecule has 11 heteroatoms. The van der Waals surface area contributed by atoms with Crippen LogP contribution in [0.3, 0.4) is 0 Å². The van der Waals surface area contributed by atoms with Crippen molar-refractivity contribution in [1.82, 2.24) is 4.72 Å². The molecule has 2 aliphatic heterocycles. The largest absolute Gasteiger partial charge is 0.394 e. The fourth-order valence-electron chi connectivity index (χ4n) is 4.48. The number of nitrogens with one attached hydrogen (secondary N) is 1. The van der Waals surface area contributed by atoms with E-state index in [0.717, 1.165) is 29.5 Å². The van der Waals surface area contributed by atoms with E-state index in [9.17, 15) is 29.0 Å². The van der Waals surface area contributed by atoms with E-state index in [1.807, 2.05) is 22.9 Å². The number of fused-ring (bicyclic) bond motifs is 1. The normalized spacial score (nSPS) is 28.1. The van der Waals surface area contributed by atoms with Gasteiger partial charge < -0.3 is 30.1 Å². The summed E-state index contributed by atoms with van der Waals surface area (Å²) in [5.74, 6) is 0. The lowest BCUT2D eigenvalue weighted by Gasteiger charge is -2.40. The number of piperidine rings is 1. The van der Waals surface area contributed by atoms with E-state index in [2.05, 4.69) is 11.0 Å². The molecule has 2 aliphatic rings. The Morgan fingerprint density at radius 1 is 1.09 bits per heavy atom. The molecule has 2 heterocycles. The molecule has 0 aromatic heterocycles. The van der Waals surface area contributed by atoms with Crippen LogP contribution in [0.25, 0.3) is 16.8 Å². The van der Waals surface area contributed by atoms with E-state index in [1.165, 1.54) is 25.3 Å². The number of nitrogens with zero attached hydrogens (tertiary/aromatic N) is 2. The van der Waals surface area contributed by atoms with Crippen molar-refractivity contribution in [2.45, 2.75) is 49.9 Å². The molecule has 0 bridgehead atoms. The van der Waals surface area contributed by atoms with Gasteiger partial charge in [0.25, 0.3) is 10.0 Å². The quantitative estimate of drug-likeness (QED) is 0.351. The highest BCUT2D eigenvalue weighted by atomic mass is 32.2. The van der Waals surface area contributed by atoms with E-state index in [4.69, 9.17) is 9.84 Å². The molecule has 2 saturated heterocycles. The highest BCUT2D eigenvalue weighted by Gasteiger charge is 2.45. The van der Waals surface area contributed by atoms with E-state index in [1.54, 1.807) is 18.2 Å². The van der Waals surface area contributed by atoms with Crippen LogP contribution in [0, 0.1) is 11.3 Å². The van der Waals surface area contributed by atoms with Gasteiger partial charge in [0.05, 0.1) is 6.61 Å². The van der Waals surface area contributed by atoms with E-state index >= 15 is 0 Å². The minimum atomic E-state index is -4.49. The van der Waals surface area contributed by atoms with Gasteiger partial charge in [0, 0.05) is 18.8 Å². The molecule has 0 radical (unpaired) electrons. The van der Waals surface area contributed by atoms with E-state index < -0.39 is 52.2 Å². The molecule has 0 saturated carbocycles. The Labute approximate surface area is 203 Å². The summed E-state index contributed by atoms with van der Waals surface area (Å²) in [6.07, 6.45) is -1.74. The second kappa shape index (κ2) is 10.6. The summed E-state index contributed by atoms with van der Waals surface area (Å²) in [4.78, 5) is 1.71. The summed E-state index contributed by atoms with van der Waals surface area (Å²) in [6, 6.07) is 11.4. The molecule has 0 amide bonds. The molecule has 1 unspecified atom stereocenters. The van der Waals surface area contributed by atoms with Crippen molar-refractivity contribution in [3.05, 3.63) is 46.9 Å². The molecular weight excluding hydrogens is 474 g/mol. The van der Waals surface area contributed by atoms with Crippen LogP contribution in [0.5, 0.6) is 0 Å². The number of aliphatic hydroxyl groups is 4. The third-order valence-corrected chi connectivity index (χ3v) is 7.83. The Balaban J connectivity index is 1.56. The molecule has 2 fully saturated rings. The monoisotopic (exact) mass is 503 g/mol. The van der Waals surface area contributed by atoms with Crippen LogP contribution < -0.4 is 9.62 Å². The molecule has 35 heavy (non-hydrogen) atoms. The third-order valence-electron chi connectivity index (χ3n) is 6.46. The standard InChI is InChI=1S/C24H29N3O7S/c25-13-19(35(32,33)26-21-23(30)22(29)20(14-28)34-24(21)31)11-15-4-5-17-12-18(7-6-16(17)10-15)27-8-2-1-3-9-27/h4-7,10-12,20-24,26,28-31H,1-3,8-9,14H2/b19-11+/t20-,21-,22-,23-,24?/m1/s1. The average Bonchev–Trinajstić information content (AvgIpc) is 2.87. The lowest BCUT2D eigenvalue weighted by Crippen LogP contribution is -2.64. The third kappa shape index (κ3) is 5.49. The molecule has 0 aliphatic carbocycles. The van der Waals surface area contributed by atoms with Gasteiger partial charge in [0.1, 0.15) is 30.4 Å². The van der Waals surface area contributed by atoms with Gasteiger partial charge in [-0.15, -0.1) is 0 Å². The van der Waals surface area contributed by atoms with E-state index in [-0.39, 0.29) is 0 Å². The van der Waals surface area contributed by atoms with Crippen LogP contribution in [-0.2, 0) is 14.8 Å². The van der Waals surface area contributed by atoms with Crippen LogP contribution in [0.4, 0.5) is 5.69 Å². The first-order valence-electron chi connectivity index (χ1n) is 11.5. The molecule has 10 nitrogen and oxygen atoms in total. The first-order valence-corrected chi connectivity index (χ1v) is 13.0. The van der Waals surface area contributed by atoms with Crippen molar-refractivity contribution in [1.29, 1.82) is 5.26 Å². The SMILES string of the molecule is N#C/C(=C\c1ccc2cc(N3CCCCC3)ccc2c1)S(=O)(=O)N[C@H]1C(O)O[C@H](CO)[C@@H](O)[C@@H]1O. The summed E-state index contributed by atoms with van der Waals surface area (Å²) >= 11 is 0. The van der Waals surface area contributed by atoms with Gasteiger partial charge in [0.15, 0.2) is 11.2 Å². The van der Waals surface area contributed by atoms with Crippen molar-refractivity contribution >= 4 is 32.6 Å². The number of rotatable bonds is 6. The fourth-order valence-corrected chi connectivity index (χ4v) is 5.63. The first-order chi connectivity index (χ1) is 16.7. The predicted octanol–water partition coefficient (Wildman–Crippen LogP) is 0.414. The van der Waals surface area contributed by atoms with Gasteiger partial charge in [-0.05, 0) is 59.9 Å². The van der Waals surface area contributed by atoms with Crippen LogP contribution in [0.15, 0.2) is 41.3 Å². The minimum Gasteiger partial charge on any atom is -0.394 e. The number of ether oxygens (including phenoxy) is 1.